The number of carbonyl (C=O) groups is 1. The molecule has 0 atom stereocenters. The molecule has 0 radical (unpaired) electrons. The van der Waals surface area contributed by atoms with Crippen molar-refractivity contribution in [2.24, 2.45) is 0 Å². The monoisotopic (exact) mass is 337 g/mol. The number of carbonyl (C=O) groups excluding carboxylic acids is 1. The SMILES string of the molecule is Cc1cccc(C(C)C)c1NC(=O)c1cncc(NC2CCCC2)c1. The van der Waals surface area contributed by atoms with Crippen molar-refractivity contribution in [3.63, 3.8) is 0 Å². The standard InChI is InChI=1S/C21H27N3O/c1-14(2)19-10-6-7-15(3)20(19)24-21(25)16-11-18(13-22-12-16)23-17-8-4-5-9-17/h6-7,10-14,17,23H,4-5,8-9H2,1-3H3,(H,24,25). The Kier molecular flexibility index (Phi) is 5.37. The van der Waals surface area contributed by atoms with Crippen molar-refractivity contribution in [1.29, 1.82) is 0 Å². The van der Waals surface area contributed by atoms with Gasteiger partial charge in [0, 0.05) is 24.1 Å². The van der Waals surface area contributed by atoms with Gasteiger partial charge in [-0.3, -0.25) is 9.78 Å². The highest BCUT2D eigenvalue weighted by atomic mass is 16.1. The van der Waals surface area contributed by atoms with E-state index in [1.165, 1.54) is 25.7 Å². The zero-order valence-electron chi connectivity index (χ0n) is 15.3. The fraction of sp³-hybridized carbons (Fsp3) is 0.429. The van der Waals surface area contributed by atoms with Gasteiger partial charge in [0.05, 0.1) is 11.3 Å². The molecule has 1 aliphatic rings. The van der Waals surface area contributed by atoms with Crippen molar-refractivity contribution in [3.8, 4) is 0 Å². The van der Waals surface area contributed by atoms with E-state index < -0.39 is 0 Å². The maximum absolute atomic E-state index is 12.8. The number of nitrogens with zero attached hydrogens (tertiary/aromatic N) is 1. The van der Waals surface area contributed by atoms with Crippen LogP contribution in [0.1, 0.15) is 66.9 Å². The molecule has 0 spiro atoms. The first-order valence-corrected chi connectivity index (χ1v) is 9.17. The van der Waals surface area contributed by atoms with Gasteiger partial charge in [-0.1, -0.05) is 44.9 Å². The Balaban J connectivity index is 1.78. The number of anilines is 2. The van der Waals surface area contributed by atoms with E-state index in [-0.39, 0.29) is 5.91 Å². The van der Waals surface area contributed by atoms with Crippen molar-refractivity contribution in [3.05, 3.63) is 53.3 Å². The molecular formula is C21H27N3O. The third-order valence-corrected chi connectivity index (χ3v) is 4.89. The molecule has 1 aromatic heterocycles. The van der Waals surface area contributed by atoms with Gasteiger partial charge in [-0.2, -0.15) is 0 Å². The Labute approximate surface area is 150 Å². The Morgan fingerprint density at radius 1 is 1.20 bits per heavy atom. The number of rotatable bonds is 5. The number of benzene rings is 1. The first-order valence-electron chi connectivity index (χ1n) is 9.17. The lowest BCUT2D eigenvalue weighted by molar-refractivity contribution is 0.102. The quantitative estimate of drug-likeness (QED) is 0.796. The fourth-order valence-electron chi connectivity index (χ4n) is 3.48. The highest BCUT2D eigenvalue weighted by Crippen LogP contribution is 2.28. The van der Waals surface area contributed by atoms with Crippen molar-refractivity contribution < 1.29 is 4.79 Å². The molecule has 4 heteroatoms. The molecule has 132 valence electrons. The van der Waals surface area contributed by atoms with E-state index in [1.54, 1.807) is 12.4 Å². The van der Waals surface area contributed by atoms with Crippen LogP contribution < -0.4 is 10.6 Å². The largest absolute Gasteiger partial charge is 0.381 e. The minimum atomic E-state index is -0.112. The maximum Gasteiger partial charge on any atom is 0.257 e. The summed E-state index contributed by atoms with van der Waals surface area (Å²) in [5.41, 5.74) is 4.65. The number of hydrogen-bond acceptors (Lipinski definition) is 3. The molecule has 2 N–H and O–H groups in total. The van der Waals surface area contributed by atoms with E-state index >= 15 is 0 Å². The van der Waals surface area contributed by atoms with E-state index in [1.807, 2.05) is 25.1 Å². The molecule has 4 nitrogen and oxygen atoms in total. The van der Waals surface area contributed by atoms with Gasteiger partial charge in [0.2, 0.25) is 0 Å². The third-order valence-electron chi connectivity index (χ3n) is 4.89. The Morgan fingerprint density at radius 2 is 1.96 bits per heavy atom. The predicted octanol–water partition coefficient (Wildman–Crippen LogP) is 5.12. The molecule has 1 aromatic carbocycles. The van der Waals surface area contributed by atoms with Crippen LogP contribution in [0.5, 0.6) is 0 Å². The van der Waals surface area contributed by atoms with Gasteiger partial charge in [0.1, 0.15) is 0 Å². The number of nitrogens with one attached hydrogen (secondary N) is 2. The lowest BCUT2D eigenvalue weighted by Gasteiger charge is -2.17. The molecule has 0 aliphatic heterocycles. The molecule has 1 amide bonds. The molecule has 3 rings (SSSR count). The third kappa shape index (κ3) is 4.19. The summed E-state index contributed by atoms with van der Waals surface area (Å²) in [5.74, 6) is 0.238. The van der Waals surface area contributed by atoms with Gasteiger partial charge in [-0.05, 0) is 42.9 Å². The van der Waals surface area contributed by atoms with Crippen molar-refractivity contribution >= 4 is 17.3 Å². The molecule has 25 heavy (non-hydrogen) atoms. The van der Waals surface area contributed by atoms with Gasteiger partial charge in [0.25, 0.3) is 5.91 Å². The van der Waals surface area contributed by atoms with Crippen LogP contribution in [0, 0.1) is 6.92 Å². The molecular weight excluding hydrogens is 310 g/mol. The smallest absolute Gasteiger partial charge is 0.257 e. The van der Waals surface area contributed by atoms with Crippen LogP contribution in [-0.4, -0.2) is 16.9 Å². The van der Waals surface area contributed by atoms with Crippen molar-refractivity contribution in [2.75, 3.05) is 10.6 Å². The van der Waals surface area contributed by atoms with Crippen LogP contribution in [0.25, 0.3) is 0 Å². The summed E-state index contributed by atoms with van der Waals surface area (Å²) in [6, 6.07) is 8.53. The lowest BCUT2D eigenvalue weighted by atomic mass is 9.98. The van der Waals surface area contributed by atoms with Crippen LogP contribution >= 0.6 is 0 Å². The van der Waals surface area contributed by atoms with E-state index in [0.29, 0.717) is 17.5 Å². The predicted molar refractivity (Wildman–Crippen MR) is 103 cm³/mol. The Bertz CT molecular complexity index is 749. The average molecular weight is 337 g/mol. The van der Waals surface area contributed by atoms with Gasteiger partial charge in [-0.25, -0.2) is 0 Å². The molecule has 0 unspecified atom stereocenters. The molecule has 1 saturated carbocycles. The number of amides is 1. The van der Waals surface area contributed by atoms with E-state index in [9.17, 15) is 4.79 Å². The Hall–Kier alpha value is -2.36. The normalized spacial score (nSPS) is 14.7. The highest BCUT2D eigenvalue weighted by Gasteiger charge is 2.17. The van der Waals surface area contributed by atoms with Crippen LogP contribution in [0.3, 0.4) is 0 Å². The lowest BCUT2D eigenvalue weighted by Crippen LogP contribution is -2.17. The van der Waals surface area contributed by atoms with E-state index in [0.717, 1.165) is 22.5 Å². The highest BCUT2D eigenvalue weighted by molar-refractivity contribution is 6.05. The average Bonchev–Trinajstić information content (AvgIpc) is 3.09. The van der Waals surface area contributed by atoms with Crippen LogP contribution in [-0.2, 0) is 0 Å². The van der Waals surface area contributed by atoms with E-state index in [2.05, 4.69) is 35.5 Å². The molecule has 0 saturated heterocycles. The second-order valence-corrected chi connectivity index (χ2v) is 7.24. The fourth-order valence-corrected chi connectivity index (χ4v) is 3.48. The number of aryl methyl sites for hydroxylation is 1. The van der Waals surface area contributed by atoms with E-state index in [4.69, 9.17) is 0 Å². The minimum Gasteiger partial charge on any atom is -0.381 e. The summed E-state index contributed by atoms with van der Waals surface area (Å²) in [7, 11) is 0. The van der Waals surface area contributed by atoms with Crippen LogP contribution in [0.4, 0.5) is 11.4 Å². The molecule has 1 fully saturated rings. The molecule has 1 aliphatic carbocycles. The maximum atomic E-state index is 12.8. The summed E-state index contributed by atoms with van der Waals surface area (Å²) in [5, 5.41) is 6.59. The van der Waals surface area contributed by atoms with Gasteiger partial charge in [-0.15, -0.1) is 0 Å². The Morgan fingerprint density at radius 3 is 2.68 bits per heavy atom. The first-order chi connectivity index (χ1) is 12.0. The van der Waals surface area contributed by atoms with Crippen LogP contribution in [0.15, 0.2) is 36.7 Å². The second kappa shape index (κ2) is 7.68. The zero-order valence-corrected chi connectivity index (χ0v) is 15.3. The summed E-state index contributed by atoms with van der Waals surface area (Å²) in [6.07, 6.45) is 8.35. The number of para-hydroxylation sites is 1. The molecule has 2 aromatic rings. The zero-order chi connectivity index (χ0) is 17.8. The van der Waals surface area contributed by atoms with Crippen LogP contribution in [0.2, 0.25) is 0 Å². The van der Waals surface area contributed by atoms with Gasteiger partial charge in [0.15, 0.2) is 0 Å². The molecule has 0 bridgehead atoms. The number of aromatic nitrogens is 1. The molecule has 1 heterocycles. The van der Waals surface area contributed by atoms with Gasteiger partial charge < -0.3 is 10.6 Å². The summed E-state index contributed by atoms with van der Waals surface area (Å²) >= 11 is 0. The summed E-state index contributed by atoms with van der Waals surface area (Å²) in [6.45, 7) is 6.30. The topological polar surface area (TPSA) is 54.0 Å². The number of hydrogen-bond donors (Lipinski definition) is 2. The van der Waals surface area contributed by atoms with Gasteiger partial charge >= 0.3 is 0 Å². The minimum absolute atomic E-state index is 0.112. The number of pyridine rings is 1. The summed E-state index contributed by atoms with van der Waals surface area (Å²) < 4.78 is 0. The second-order valence-electron chi connectivity index (χ2n) is 7.24. The van der Waals surface area contributed by atoms with Crippen molar-refractivity contribution in [1.82, 2.24) is 4.98 Å². The first kappa shape index (κ1) is 17.5. The summed E-state index contributed by atoms with van der Waals surface area (Å²) in [4.78, 5) is 17.0. The van der Waals surface area contributed by atoms with Crippen molar-refractivity contribution in [2.45, 2.75) is 58.4 Å².